The van der Waals surface area contributed by atoms with Crippen LogP contribution in [0.3, 0.4) is 0 Å². The van der Waals surface area contributed by atoms with E-state index in [1.165, 1.54) is 0 Å². The Hall–Kier alpha value is -3.39. The monoisotopic (exact) mass is 288 g/mol. The molecule has 0 unspecified atom stereocenters. The van der Waals surface area contributed by atoms with E-state index in [1.54, 1.807) is 36.8 Å². The molecule has 2 N–H and O–H groups in total. The van der Waals surface area contributed by atoms with Gasteiger partial charge in [-0.2, -0.15) is 5.26 Å². The molecule has 1 aromatic heterocycles. The van der Waals surface area contributed by atoms with E-state index in [2.05, 4.69) is 15.3 Å². The first-order valence-corrected chi connectivity index (χ1v) is 6.66. The van der Waals surface area contributed by atoms with Gasteiger partial charge in [-0.1, -0.05) is 18.2 Å². The standard InChI is InChI=1S/C17H12N4O/c18-9-12-3-1-5-14(7-12)17(22)21-15-6-2-4-13(8-15)16-10-19-11-20-16/h1-8,10-11H,(H,19,20)(H,21,22). The number of nitriles is 1. The van der Waals surface area contributed by atoms with Gasteiger partial charge in [0.15, 0.2) is 0 Å². The van der Waals surface area contributed by atoms with Crippen molar-refractivity contribution in [2.45, 2.75) is 0 Å². The molecule has 5 heteroatoms. The van der Waals surface area contributed by atoms with Crippen molar-refractivity contribution in [3.8, 4) is 17.3 Å². The molecule has 0 atom stereocenters. The third-order valence-corrected chi connectivity index (χ3v) is 3.18. The maximum Gasteiger partial charge on any atom is 0.255 e. The second-order valence-corrected chi connectivity index (χ2v) is 4.69. The highest BCUT2D eigenvalue weighted by atomic mass is 16.1. The summed E-state index contributed by atoms with van der Waals surface area (Å²) in [6.45, 7) is 0. The molecule has 1 heterocycles. The predicted octanol–water partition coefficient (Wildman–Crippen LogP) is 3.20. The fraction of sp³-hybridized carbons (Fsp3) is 0. The van der Waals surface area contributed by atoms with Crippen LogP contribution in [-0.2, 0) is 0 Å². The number of hydrogen-bond donors (Lipinski definition) is 2. The average molecular weight is 288 g/mol. The minimum Gasteiger partial charge on any atom is -0.345 e. The zero-order valence-corrected chi connectivity index (χ0v) is 11.6. The first-order valence-electron chi connectivity index (χ1n) is 6.66. The van der Waals surface area contributed by atoms with Crippen LogP contribution < -0.4 is 5.32 Å². The van der Waals surface area contributed by atoms with E-state index in [-0.39, 0.29) is 5.91 Å². The van der Waals surface area contributed by atoms with E-state index in [9.17, 15) is 4.79 Å². The number of aromatic nitrogens is 2. The van der Waals surface area contributed by atoms with Gasteiger partial charge in [0.1, 0.15) is 0 Å². The van der Waals surface area contributed by atoms with E-state index in [0.29, 0.717) is 16.8 Å². The lowest BCUT2D eigenvalue weighted by Gasteiger charge is -2.07. The molecular formula is C17H12N4O. The Morgan fingerprint density at radius 2 is 2.05 bits per heavy atom. The summed E-state index contributed by atoms with van der Waals surface area (Å²) in [4.78, 5) is 19.2. The molecule has 0 radical (unpaired) electrons. The van der Waals surface area contributed by atoms with E-state index >= 15 is 0 Å². The highest BCUT2D eigenvalue weighted by molar-refractivity contribution is 6.04. The SMILES string of the molecule is N#Cc1cccc(C(=O)Nc2cccc(-c3cnc[nH]3)c2)c1. The number of anilines is 1. The van der Waals surface area contributed by atoms with E-state index in [1.807, 2.05) is 30.3 Å². The van der Waals surface area contributed by atoms with Crippen molar-refractivity contribution in [3.63, 3.8) is 0 Å². The van der Waals surface area contributed by atoms with Crippen LogP contribution in [0.2, 0.25) is 0 Å². The topological polar surface area (TPSA) is 81.6 Å². The zero-order valence-electron chi connectivity index (χ0n) is 11.6. The molecule has 0 aliphatic heterocycles. The molecule has 1 amide bonds. The summed E-state index contributed by atoms with van der Waals surface area (Å²) in [7, 11) is 0. The van der Waals surface area contributed by atoms with Crippen LogP contribution in [0.25, 0.3) is 11.3 Å². The molecule has 0 saturated carbocycles. The molecule has 0 spiro atoms. The Morgan fingerprint density at radius 3 is 2.82 bits per heavy atom. The summed E-state index contributed by atoms with van der Waals surface area (Å²) in [5.74, 6) is -0.251. The average Bonchev–Trinajstić information content (AvgIpc) is 3.10. The number of carbonyl (C=O) groups excluding carboxylic acids is 1. The number of aromatic amines is 1. The fourth-order valence-electron chi connectivity index (χ4n) is 2.11. The molecule has 5 nitrogen and oxygen atoms in total. The highest BCUT2D eigenvalue weighted by Crippen LogP contribution is 2.20. The predicted molar refractivity (Wildman–Crippen MR) is 83.1 cm³/mol. The van der Waals surface area contributed by atoms with Crippen molar-refractivity contribution in [2.75, 3.05) is 5.32 Å². The van der Waals surface area contributed by atoms with Crippen LogP contribution in [0.4, 0.5) is 5.69 Å². The smallest absolute Gasteiger partial charge is 0.255 e. The summed E-state index contributed by atoms with van der Waals surface area (Å²) in [6.07, 6.45) is 3.32. The van der Waals surface area contributed by atoms with Crippen LogP contribution in [0.1, 0.15) is 15.9 Å². The van der Waals surface area contributed by atoms with Crippen LogP contribution in [0.5, 0.6) is 0 Å². The number of amides is 1. The molecule has 3 aromatic rings. The van der Waals surface area contributed by atoms with Gasteiger partial charge in [-0.15, -0.1) is 0 Å². The van der Waals surface area contributed by atoms with Gasteiger partial charge < -0.3 is 10.3 Å². The molecule has 0 bridgehead atoms. The first kappa shape index (κ1) is 13.6. The lowest BCUT2D eigenvalue weighted by molar-refractivity contribution is 0.102. The quantitative estimate of drug-likeness (QED) is 0.776. The van der Waals surface area contributed by atoms with E-state index in [0.717, 1.165) is 11.3 Å². The van der Waals surface area contributed by atoms with Crippen molar-refractivity contribution in [1.82, 2.24) is 9.97 Å². The summed E-state index contributed by atoms with van der Waals surface area (Å²) in [5.41, 5.74) is 3.40. The molecule has 0 aliphatic rings. The van der Waals surface area contributed by atoms with Gasteiger partial charge in [-0.05, 0) is 30.3 Å². The van der Waals surface area contributed by atoms with Gasteiger partial charge in [0.05, 0.1) is 29.9 Å². The molecule has 22 heavy (non-hydrogen) atoms. The van der Waals surface area contributed by atoms with Crippen molar-refractivity contribution in [3.05, 3.63) is 72.2 Å². The van der Waals surface area contributed by atoms with Crippen molar-refractivity contribution >= 4 is 11.6 Å². The largest absolute Gasteiger partial charge is 0.345 e. The zero-order chi connectivity index (χ0) is 15.4. The fourth-order valence-corrected chi connectivity index (χ4v) is 2.11. The lowest BCUT2D eigenvalue weighted by atomic mass is 10.1. The number of rotatable bonds is 3. The van der Waals surface area contributed by atoms with Crippen molar-refractivity contribution in [2.24, 2.45) is 0 Å². The number of benzene rings is 2. The Bertz CT molecular complexity index is 847. The van der Waals surface area contributed by atoms with Gasteiger partial charge in [0, 0.05) is 16.8 Å². The third kappa shape index (κ3) is 2.86. The highest BCUT2D eigenvalue weighted by Gasteiger charge is 2.08. The summed E-state index contributed by atoms with van der Waals surface area (Å²) >= 11 is 0. The molecular weight excluding hydrogens is 276 g/mol. The minimum absolute atomic E-state index is 0.251. The number of H-pyrrole nitrogens is 1. The van der Waals surface area contributed by atoms with Gasteiger partial charge in [-0.3, -0.25) is 4.79 Å². The third-order valence-electron chi connectivity index (χ3n) is 3.18. The summed E-state index contributed by atoms with van der Waals surface area (Å²) in [6, 6.07) is 16.1. The lowest BCUT2D eigenvalue weighted by Crippen LogP contribution is -2.11. The van der Waals surface area contributed by atoms with E-state index < -0.39 is 0 Å². The second kappa shape index (κ2) is 5.94. The summed E-state index contributed by atoms with van der Waals surface area (Å²) < 4.78 is 0. The molecule has 0 saturated heterocycles. The molecule has 106 valence electrons. The molecule has 0 fully saturated rings. The maximum atomic E-state index is 12.2. The normalized spacial score (nSPS) is 9.95. The van der Waals surface area contributed by atoms with Gasteiger partial charge in [0.2, 0.25) is 0 Å². The van der Waals surface area contributed by atoms with Crippen LogP contribution in [-0.4, -0.2) is 15.9 Å². The van der Waals surface area contributed by atoms with Crippen LogP contribution in [0.15, 0.2) is 61.1 Å². The maximum absolute atomic E-state index is 12.2. The Labute approximate surface area is 127 Å². The van der Waals surface area contributed by atoms with Crippen LogP contribution >= 0.6 is 0 Å². The molecule has 0 aliphatic carbocycles. The Balaban J connectivity index is 1.82. The number of hydrogen-bond acceptors (Lipinski definition) is 3. The number of carbonyl (C=O) groups is 1. The van der Waals surface area contributed by atoms with Gasteiger partial charge in [-0.25, -0.2) is 4.98 Å². The Morgan fingerprint density at radius 1 is 1.18 bits per heavy atom. The molecule has 3 rings (SSSR count). The number of nitrogens with zero attached hydrogens (tertiary/aromatic N) is 2. The minimum atomic E-state index is -0.251. The second-order valence-electron chi connectivity index (χ2n) is 4.69. The number of imidazole rings is 1. The molecule has 2 aromatic carbocycles. The van der Waals surface area contributed by atoms with Crippen molar-refractivity contribution in [1.29, 1.82) is 5.26 Å². The summed E-state index contributed by atoms with van der Waals surface area (Å²) in [5, 5.41) is 11.7. The Kier molecular flexibility index (Phi) is 3.67. The van der Waals surface area contributed by atoms with Gasteiger partial charge >= 0.3 is 0 Å². The first-order chi connectivity index (χ1) is 10.8. The van der Waals surface area contributed by atoms with Crippen LogP contribution in [0, 0.1) is 11.3 Å². The van der Waals surface area contributed by atoms with E-state index in [4.69, 9.17) is 5.26 Å². The van der Waals surface area contributed by atoms with Gasteiger partial charge in [0.25, 0.3) is 5.91 Å². The number of nitrogens with one attached hydrogen (secondary N) is 2. The van der Waals surface area contributed by atoms with Crippen molar-refractivity contribution < 1.29 is 4.79 Å².